The highest BCUT2D eigenvalue weighted by Gasteiger charge is 2.16. The van der Waals surface area contributed by atoms with Crippen LogP contribution in [0, 0.1) is 10.5 Å². The number of halogens is 1. The molecular formula is C27H27IN4O6. The Balaban J connectivity index is 1.58. The van der Waals surface area contributed by atoms with Gasteiger partial charge in [0.05, 0.1) is 29.2 Å². The van der Waals surface area contributed by atoms with Gasteiger partial charge in [-0.15, -0.1) is 0 Å². The molecule has 3 aromatic rings. The summed E-state index contributed by atoms with van der Waals surface area (Å²) >= 11 is 2.05. The van der Waals surface area contributed by atoms with Gasteiger partial charge in [-0.25, -0.2) is 5.43 Å². The lowest BCUT2D eigenvalue weighted by Crippen LogP contribution is -2.32. The minimum absolute atomic E-state index is 0.217. The molecule has 0 heterocycles. The number of carbonyl (C=O) groups is 3. The summed E-state index contributed by atoms with van der Waals surface area (Å²) in [4.78, 5) is 36.8. The van der Waals surface area contributed by atoms with Gasteiger partial charge in [0.15, 0.2) is 18.1 Å². The molecule has 0 bridgehead atoms. The zero-order chi connectivity index (χ0) is 27.5. The first-order valence-electron chi connectivity index (χ1n) is 11.5. The molecule has 0 fully saturated rings. The molecule has 10 nitrogen and oxygen atoms in total. The van der Waals surface area contributed by atoms with E-state index >= 15 is 0 Å². The van der Waals surface area contributed by atoms with Crippen LogP contribution in [0.3, 0.4) is 0 Å². The Kier molecular flexibility index (Phi) is 10.5. The van der Waals surface area contributed by atoms with E-state index in [-0.39, 0.29) is 12.5 Å². The second-order valence-corrected chi connectivity index (χ2v) is 8.99. The van der Waals surface area contributed by atoms with Gasteiger partial charge < -0.3 is 24.8 Å². The fraction of sp³-hybridized carbons (Fsp3) is 0.185. The third-order valence-corrected chi connectivity index (χ3v) is 5.72. The van der Waals surface area contributed by atoms with Crippen LogP contribution in [0.25, 0.3) is 0 Å². The third kappa shape index (κ3) is 8.20. The highest BCUT2D eigenvalue weighted by molar-refractivity contribution is 14.1. The molecule has 0 aliphatic carbocycles. The topological polar surface area (TPSA) is 127 Å². The molecule has 0 spiro atoms. The van der Waals surface area contributed by atoms with Gasteiger partial charge in [0, 0.05) is 5.69 Å². The van der Waals surface area contributed by atoms with E-state index < -0.39 is 11.8 Å². The van der Waals surface area contributed by atoms with Gasteiger partial charge in [-0.1, -0.05) is 24.3 Å². The zero-order valence-corrected chi connectivity index (χ0v) is 23.2. The number of methoxy groups -OCH3 is 1. The van der Waals surface area contributed by atoms with E-state index in [1.54, 1.807) is 42.5 Å². The molecule has 3 N–H and O–H groups in total. The summed E-state index contributed by atoms with van der Waals surface area (Å²) in [5, 5.41) is 9.14. The first-order valence-corrected chi connectivity index (χ1v) is 12.6. The molecule has 198 valence electrons. The second-order valence-electron chi connectivity index (χ2n) is 7.82. The summed E-state index contributed by atoms with van der Waals surface area (Å²) < 4.78 is 17.2. The summed E-state index contributed by atoms with van der Waals surface area (Å²) in [6, 6.07) is 17.6. The fourth-order valence-corrected chi connectivity index (χ4v) is 4.04. The van der Waals surface area contributed by atoms with Crippen molar-refractivity contribution in [2.75, 3.05) is 31.0 Å². The number of ether oxygens (including phenoxy) is 3. The monoisotopic (exact) mass is 630 g/mol. The molecule has 11 heteroatoms. The standard InChI is InChI=1S/C27H27IN4O6/c1-4-37-22-11-6-5-10-21(22)31-26(34)27(35)32-29-15-18-13-20(28)25(23(14-18)36-3)38-16-24(33)30-19-9-7-8-17(2)12-19/h5-15H,4,16H2,1-3H3,(H,30,33)(H,31,34)(H,32,35)/b29-15-. The second kappa shape index (κ2) is 14.0. The van der Waals surface area contributed by atoms with E-state index in [2.05, 4.69) is 21.2 Å². The Morgan fingerprint density at radius 1 is 0.947 bits per heavy atom. The minimum atomic E-state index is -0.950. The van der Waals surface area contributed by atoms with Gasteiger partial charge in [0.25, 0.3) is 5.91 Å². The number of carbonyl (C=O) groups excluding carboxylic acids is 3. The first kappa shape index (κ1) is 28.4. The van der Waals surface area contributed by atoms with E-state index in [4.69, 9.17) is 14.2 Å². The molecule has 0 saturated heterocycles. The number of aryl methyl sites for hydroxylation is 1. The number of rotatable bonds is 10. The van der Waals surface area contributed by atoms with E-state index in [1.165, 1.54) is 13.3 Å². The predicted octanol–water partition coefficient (Wildman–Crippen LogP) is 4.11. The van der Waals surface area contributed by atoms with Crippen LogP contribution < -0.4 is 30.3 Å². The molecule has 38 heavy (non-hydrogen) atoms. The smallest absolute Gasteiger partial charge is 0.329 e. The van der Waals surface area contributed by atoms with Gasteiger partial charge in [0.2, 0.25) is 0 Å². The minimum Gasteiger partial charge on any atom is -0.493 e. The number of hydrazone groups is 1. The van der Waals surface area contributed by atoms with Crippen molar-refractivity contribution in [1.82, 2.24) is 5.43 Å². The molecule has 3 rings (SSSR count). The van der Waals surface area contributed by atoms with Crippen LogP contribution in [-0.4, -0.2) is 44.3 Å². The number of nitrogens with zero attached hydrogens (tertiary/aromatic N) is 1. The number of anilines is 2. The van der Waals surface area contributed by atoms with Crippen molar-refractivity contribution in [1.29, 1.82) is 0 Å². The van der Waals surface area contributed by atoms with Gasteiger partial charge in [-0.3, -0.25) is 14.4 Å². The van der Waals surface area contributed by atoms with Crippen LogP contribution >= 0.6 is 22.6 Å². The lowest BCUT2D eigenvalue weighted by Gasteiger charge is -2.13. The van der Waals surface area contributed by atoms with Gasteiger partial charge >= 0.3 is 11.8 Å². The van der Waals surface area contributed by atoms with Crippen molar-refractivity contribution in [2.24, 2.45) is 5.10 Å². The maximum Gasteiger partial charge on any atom is 0.329 e. The summed E-state index contributed by atoms with van der Waals surface area (Å²) in [6.07, 6.45) is 1.36. The van der Waals surface area contributed by atoms with Gasteiger partial charge in [0.1, 0.15) is 5.75 Å². The molecule has 0 radical (unpaired) electrons. The maximum absolute atomic E-state index is 12.3. The number of amides is 3. The summed E-state index contributed by atoms with van der Waals surface area (Å²) in [7, 11) is 1.47. The van der Waals surface area contributed by atoms with Gasteiger partial charge in [-0.05, 0) is 84.0 Å². The van der Waals surface area contributed by atoms with Crippen LogP contribution in [0.15, 0.2) is 65.8 Å². The predicted molar refractivity (Wildman–Crippen MR) is 153 cm³/mol. The molecule has 0 aromatic heterocycles. The Hall–Kier alpha value is -4.13. The lowest BCUT2D eigenvalue weighted by molar-refractivity contribution is -0.136. The summed E-state index contributed by atoms with van der Waals surface area (Å²) in [5.41, 5.74) is 4.85. The van der Waals surface area contributed by atoms with Crippen LogP contribution in [0.4, 0.5) is 11.4 Å². The van der Waals surface area contributed by atoms with Crippen LogP contribution in [0.2, 0.25) is 0 Å². The molecule has 0 aliphatic rings. The third-order valence-electron chi connectivity index (χ3n) is 4.92. The van der Waals surface area contributed by atoms with E-state index in [0.717, 1.165) is 5.56 Å². The SMILES string of the molecule is CCOc1ccccc1NC(=O)C(=O)N/N=C\c1cc(I)c(OCC(=O)Nc2cccc(C)c2)c(OC)c1. The highest BCUT2D eigenvalue weighted by Crippen LogP contribution is 2.33. The Labute approximate surface area is 233 Å². The molecular weight excluding hydrogens is 603 g/mol. The fourth-order valence-electron chi connectivity index (χ4n) is 3.26. The lowest BCUT2D eigenvalue weighted by atomic mass is 10.2. The number of hydrogen-bond donors (Lipinski definition) is 3. The maximum atomic E-state index is 12.3. The average molecular weight is 630 g/mol. The molecule has 0 atom stereocenters. The number of para-hydroxylation sites is 2. The van der Waals surface area contributed by atoms with E-state index in [1.807, 2.05) is 54.6 Å². The molecule has 0 saturated carbocycles. The van der Waals surface area contributed by atoms with Crippen molar-refractivity contribution in [3.8, 4) is 17.2 Å². The Morgan fingerprint density at radius 2 is 1.74 bits per heavy atom. The highest BCUT2D eigenvalue weighted by atomic mass is 127. The summed E-state index contributed by atoms with van der Waals surface area (Å²) in [6.45, 7) is 3.95. The van der Waals surface area contributed by atoms with E-state index in [9.17, 15) is 14.4 Å². The molecule has 0 unspecified atom stereocenters. The molecule has 3 aromatic carbocycles. The van der Waals surface area contributed by atoms with Crippen LogP contribution in [-0.2, 0) is 14.4 Å². The number of nitrogens with one attached hydrogen (secondary N) is 3. The summed E-state index contributed by atoms with van der Waals surface area (Å²) in [5.74, 6) is -0.942. The molecule has 0 aliphatic heterocycles. The van der Waals surface area contributed by atoms with Crippen LogP contribution in [0.1, 0.15) is 18.1 Å². The number of benzene rings is 3. The van der Waals surface area contributed by atoms with Crippen molar-refractivity contribution in [2.45, 2.75) is 13.8 Å². The normalized spacial score (nSPS) is 10.5. The molecule has 3 amide bonds. The van der Waals surface area contributed by atoms with Crippen molar-refractivity contribution in [3.63, 3.8) is 0 Å². The average Bonchev–Trinajstić information content (AvgIpc) is 2.89. The van der Waals surface area contributed by atoms with Crippen molar-refractivity contribution in [3.05, 3.63) is 75.4 Å². The Morgan fingerprint density at radius 3 is 2.47 bits per heavy atom. The van der Waals surface area contributed by atoms with Crippen LogP contribution in [0.5, 0.6) is 17.2 Å². The number of hydrogen-bond acceptors (Lipinski definition) is 7. The largest absolute Gasteiger partial charge is 0.493 e. The van der Waals surface area contributed by atoms with Crippen molar-refractivity contribution >= 4 is 57.9 Å². The van der Waals surface area contributed by atoms with Gasteiger partial charge in [-0.2, -0.15) is 5.10 Å². The zero-order valence-electron chi connectivity index (χ0n) is 21.0. The van der Waals surface area contributed by atoms with Crippen molar-refractivity contribution < 1.29 is 28.6 Å². The Bertz CT molecular complexity index is 1340. The first-order chi connectivity index (χ1) is 18.3. The van der Waals surface area contributed by atoms with E-state index in [0.29, 0.717) is 44.4 Å². The quantitative estimate of drug-likeness (QED) is 0.134.